The van der Waals surface area contributed by atoms with Crippen LogP contribution < -0.4 is 10.2 Å². The third kappa shape index (κ3) is 3.09. The van der Waals surface area contributed by atoms with Crippen LogP contribution in [0.4, 0.5) is 11.5 Å². The summed E-state index contributed by atoms with van der Waals surface area (Å²) in [5, 5.41) is 13.1. The van der Waals surface area contributed by atoms with Crippen LogP contribution >= 0.6 is 0 Å². The van der Waals surface area contributed by atoms with E-state index in [-0.39, 0.29) is 0 Å². The largest absolute Gasteiger partial charge is 0.390 e. The lowest BCUT2D eigenvalue weighted by atomic mass is 9.93. The Morgan fingerprint density at radius 2 is 2.18 bits per heavy atom. The molecule has 1 saturated heterocycles. The molecule has 0 saturated carbocycles. The highest BCUT2D eigenvalue weighted by molar-refractivity contribution is 5.54. The summed E-state index contributed by atoms with van der Waals surface area (Å²) in [6.45, 7) is 6.67. The Morgan fingerprint density at radius 3 is 2.82 bits per heavy atom. The second kappa shape index (κ2) is 4.92. The number of pyridine rings is 1. The molecule has 1 aromatic rings. The van der Waals surface area contributed by atoms with Crippen LogP contribution in [-0.2, 0) is 0 Å². The Kier molecular flexibility index (Phi) is 3.52. The number of hydrogen-bond acceptors (Lipinski definition) is 4. The van der Waals surface area contributed by atoms with Crippen LogP contribution in [0, 0.1) is 0 Å². The Labute approximate surface area is 103 Å². The van der Waals surface area contributed by atoms with Gasteiger partial charge in [-0.25, -0.2) is 4.98 Å². The quantitative estimate of drug-likeness (QED) is 0.839. The molecule has 94 valence electrons. The van der Waals surface area contributed by atoms with Gasteiger partial charge in [0.15, 0.2) is 0 Å². The van der Waals surface area contributed by atoms with Gasteiger partial charge in [-0.3, -0.25) is 0 Å². The molecule has 0 aliphatic carbocycles. The van der Waals surface area contributed by atoms with Gasteiger partial charge in [0, 0.05) is 37.6 Å². The van der Waals surface area contributed by atoms with Gasteiger partial charge in [0.25, 0.3) is 0 Å². The molecule has 0 aromatic carbocycles. The van der Waals surface area contributed by atoms with Gasteiger partial charge in [-0.15, -0.1) is 0 Å². The number of aliphatic hydroxyl groups is 1. The fourth-order valence-corrected chi connectivity index (χ4v) is 2.14. The van der Waals surface area contributed by atoms with Gasteiger partial charge in [0.2, 0.25) is 0 Å². The Morgan fingerprint density at radius 1 is 1.47 bits per heavy atom. The van der Waals surface area contributed by atoms with Crippen LogP contribution in [0.25, 0.3) is 0 Å². The van der Waals surface area contributed by atoms with Gasteiger partial charge in [-0.05, 0) is 32.8 Å². The Hall–Kier alpha value is -1.29. The first-order chi connectivity index (χ1) is 8.11. The first-order valence-corrected chi connectivity index (χ1v) is 6.28. The molecule has 0 unspecified atom stereocenters. The highest BCUT2D eigenvalue weighted by Gasteiger charge is 2.27. The Balaban J connectivity index is 2.05. The molecule has 0 radical (unpaired) electrons. The molecule has 0 spiro atoms. The molecular weight excluding hydrogens is 214 g/mol. The molecule has 1 aliphatic rings. The van der Waals surface area contributed by atoms with E-state index in [0.717, 1.165) is 38.3 Å². The number of anilines is 2. The maximum Gasteiger partial charge on any atom is 0.127 e. The second-order valence-corrected chi connectivity index (χ2v) is 4.91. The van der Waals surface area contributed by atoms with Gasteiger partial charge in [-0.2, -0.15) is 0 Å². The van der Waals surface area contributed by atoms with Crippen molar-refractivity contribution in [2.45, 2.75) is 32.3 Å². The van der Waals surface area contributed by atoms with Gasteiger partial charge in [0.1, 0.15) is 5.82 Å². The SMILES string of the molecule is CCNc1cc(N2CCC(C)(O)CC2)ccn1. The molecule has 0 atom stereocenters. The maximum absolute atomic E-state index is 9.93. The summed E-state index contributed by atoms with van der Waals surface area (Å²) < 4.78 is 0. The number of nitrogens with one attached hydrogen (secondary N) is 1. The average molecular weight is 235 g/mol. The first kappa shape index (κ1) is 12.2. The van der Waals surface area contributed by atoms with Crippen molar-refractivity contribution in [3.05, 3.63) is 18.3 Å². The molecule has 2 rings (SSSR count). The molecule has 1 fully saturated rings. The van der Waals surface area contributed by atoms with Crippen LogP contribution in [0.2, 0.25) is 0 Å². The van der Waals surface area contributed by atoms with E-state index in [1.807, 2.05) is 19.2 Å². The molecule has 1 aliphatic heterocycles. The summed E-state index contributed by atoms with van der Waals surface area (Å²) >= 11 is 0. The minimum absolute atomic E-state index is 0.492. The lowest BCUT2D eigenvalue weighted by Gasteiger charge is -2.37. The van der Waals surface area contributed by atoms with E-state index in [1.165, 1.54) is 5.69 Å². The van der Waals surface area contributed by atoms with Crippen molar-refractivity contribution in [2.75, 3.05) is 29.9 Å². The summed E-state index contributed by atoms with van der Waals surface area (Å²) in [5.74, 6) is 0.919. The number of rotatable bonds is 3. The highest BCUT2D eigenvalue weighted by Crippen LogP contribution is 2.26. The van der Waals surface area contributed by atoms with Gasteiger partial charge in [0.05, 0.1) is 5.60 Å². The monoisotopic (exact) mass is 235 g/mol. The summed E-state index contributed by atoms with van der Waals surface area (Å²) in [4.78, 5) is 6.57. The van der Waals surface area contributed by atoms with E-state index < -0.39 is 5.60 Å². The number of piperidine rings is 1. The van der Waals surface area contributed by atoms with E-state index in [2.05, 4.69) is 28.2 Å². The zero-order valence-corrected chi connectivity index (χ0v) is 10.6. The third-order valence-corrected chi connectivity index (χ3v) is 3.31. The summed E-state index contributed by atoms with van der Waals surface area (Å²) in [6.07, 6.45) is 3.48. The van der Waals surface area contributed by atoms with Crippen LogP contribution in [-0.4, -0.2) is 35.3 Å². The molecule has 4 heteroatoms. The molecular formula is C13H21N3O. The molecule has 2 N–H and O–H groups in total. The fourth-order valence-electron chi connectivity index (χ4n) is 2.14. The molecule has 0 bridgehead atoms. The van der Waals surface area contributed by atoms with Crippen molar-refractivity contribution < 1.29 is 5.11 Å². The lowest BCUT2D eigenvalue weighted by molar-refractivity contribution is 0.0351. The predicted octanol–water partition coefficient (Wildman–Crippen LogP) is 1.86. The van der Waals surface area contributed by atoms with Crippen molar-refractivity contribution in [1.29, 1.82) is 0 Å². The molecule has 0 amide bonds. The van der Waals surface area contributed by atoms with E-state index in [9.17, 15) is 5.11 Å². The van der Waals surface area contributed by atoms with Crippen molar-refractivity contribution in [2.24, 2.45) is 0 Å². The summed E-state index contributed by atoms with van der Waals surface area (Å²) in [7, 11) is 0. The minimum atomic E-state index is -0.492. The first-order valence-electron chi connectivity index (χ1n) is 6.28. The lowest BCUT2D eigenvalue weighted by Crippen LogP contribution is -2.42. The maximum atomic E-state index is 9.93. The predicted molar refractivity (Wildman–Crippen MR) is 70.5 cm³/mol. The highest BCUT2D eigenvalue weighted by atomic mass is 16.3. The summed E-state index contributed by atoms with van der Waals surface area (Å²) in [6, 6.07) is 4.10. The smallest absolute Gasteiger partial charge is 0.127 e. The third-order valence-electron chi connectivity index (χ3n) is 3.31. The van der Waals surface area contributed by atoms with Gasteiger partial charge >= 0.3 is 0 Å². The number of hydrogen-bond donors (Lipinski definition) is 2. The standard InChI is InChI=1S/C13H21N3O/c1-3-14-12-10-11(4-7-15-12)16-8-5-13(2,17)6-9-16/h4,7,10,17H,3,5-6,8-9H2,1-2H3,(H,14,15). The van der Waals surface area contributed by atoms with Crippen molar-refractivity contribution in [3.63, 3.8) is 0 Å². The van der Waals surface area contributed by atoms with Crippen LogP contribution in [0.15, 0.2) is 18.3 Å². The van der Waals surface area contributed by atoms with E-state index in [4.69, 9.17) is 0 Å². The molecule has 1 aromatic heterocycles. The van der Waals surface area contributed by atoms with Gasteiger partial charge in [-0.1, -0.05) is 0 Å². The van der Waals surface area contributed by atoms with Crippen LogP contribution in [0.5, 0.6) is 0 Å². The number of aromatic nitrogens is 1. The van der Waals surface area contributed by atoms with Crippen molar-refractivity contribution in [3.8, 4) is 0 Å². The zero-order valence-electron chi connectivity index (χ0n) is 10.6. The van der Waals surface area contributed by atoms with Gasteiger partial charge < -0.3 is 15.3 Å². The second-order valence-electron chi connectivity index (χ2n) is 4.91. The summed E-state index contributed by atoms with van der Waals surface area (Å²) in [5.41, 5.74) is 0.694. The minimum Gasteiger partial charge on any atom is -0.390 e. The van der Waals surface area contributed by atoms with E-state index >= 15 is 0 Å². The molecule has 17 heavy (non-hydrogen) atoms. The van der Waals surface area contributed by atoms with E-state index in [0.29, 0.717) is 0 Å². The number of nitrogens with zero attached hydrogens (tertiary/aromatic N) is 2. The van der Waals surface area contributed by atoms with Crippen LogP contribution in [0.1, 0.15) is 26.7 Å². The topological polar surface area (TPSA) is 48.4 Å². The Bertz CT molecular complexity index is 369. The fraction of sp³-hybridized carbons (Fsp3) is 0.615. The van der Waals surface area contributed by atoms with Crippen molar-refractivity contribution >= 4 is 11.5 Å². The molecule has 2 heterocycles. The van der Waals surface area contributed by atoms with Crippen molar-refractivity contribution in [1.82, 2.24) is 4.98 Å². The molecule has 4 nitrogen and oxygen atoms in total. The normalized spacial score (nSPS) is 19.1. The average Bonchev–Trinajstić information content (AvgIpc) is 2.30. The van der Waals surface area contributed by atoms with E-state index in [1.54, 1.807) is 0 Å². The van der Waals surface area contributed by atoms with Crippen LogP contribution in [0.3, 0.4) is 0 Å². The zero-order chi connectivity index (χ0) is 12.3.